The zero-order valence-electron chi connectivity index (χ0n) is 16.2. The van der Waals surface area contributed by atoms with E-state index in [9.17, 15) is 4.79 Å². The van der Waals surface area contributed by atoms with Gasteiger partial charge >= 0.3 is 0 Å². The Balaban J connectivity index is 1.64. The van der Waals surface area contributed by atoms with Crippen molar-refractivity contribution in [2.45, 2.75) is 45.6 Å². The van der Waals surface area contributed by atoms with Gasteiger partial charge in [0.2, 0.25) is 5.91 Å². The number of hydrogen-bond donors (Lipinski definition) is 3. The highest BCUT2D eigenvalue weighted by molar-refractivity contribution is 7.11. The smallest absolute Gasteiger partial charge is 0.234 e. The average molecular weight is 381 g/mol. The third-order valence-electron chi connectivity index (χ3n) is 4.39. The molecule has 0 bridgehead atoms. The number of guanidine groups is 1. The van der Waals surface area contributed by atoms with Crippen molar-refractivity contribution in [3.63, 3.8) is 0 Å². The van der Waals surface area contributed by atoms with E-state index in [1.54, 1.807) is 18.4 Å². The molecule has 0 aliphatic carbocycles. The molecule has 2 rings (SSSR count). The summed E-state index contributed by atoms with van der Waals surface area (Å²) in [6.07, 6.45) is 5.85. The summed E-state index contributed by atoms with van der Waals surface area (Å²) in [5.41, 5.74) is 0. The normalized spacial score (nSPS) is 16.5. The van der Waals surface area contributed by atoms with E-state index in [2.05, 4.69) is 44.7 Å². The molecule has 0 atom stereocenters. The summed E-state index contributed by atoms with van der Waals surface area (Å²) in [5, 5.41) is 11.0. The maximum absolute atomic E-state index is 11.8. The van der Waals surface area contributed by atoms with Gasteiger partial charge in [-0.1, -0.05) is 6.92 Å². The predicted octanol–water partition coefficient (Wildman–Crippen LogP) is 1.15. The maximum Gasteiger partial charge on any atom is 0.234 e. The Kier molecular flexibility index (Phi) is 8.84. The van der Waals surface area contributed by atoms with Gasteiger partial charge < -0.3 is 16.0 Å². The third kappa shape index (κ3) is 7.29. The zero-order chi connectivity index (χ0) is 18.8. The Morgan fingerprint density at radius 2 is 2.12 bits per heavy atom. The number of aryl methyl sites for hydroxylation is 1. The first-order valence-electron chi connectivity index (χ1n) is 9.48. The molecule has 0 spiro atoms. The van der Waals surface area contributed by atoms with Crippen LogP contribution in [-0.2, 0) is 11.2 Å². The van der Waals surface area contributed by atoms with Crippen LogP contribution in [0.15, 0.2) is 11.2 Å². The molecule has 1 amide bonds. The molecule has 1 aliphatic heterocycles. The van der Waals surface area contributed by atoms with E-state index in [4.69, 9.17) is 0 Å². The molecule has 1 aromatic rings. The number of nitrogens with zero attached hydrogens (tertiary/aromatic N) is 3. The minimum absolute atomic E-state index is 0.133. The summed E-state index contributed by atoms with van der Waals surface area (Å²) in [4.78, 5) is 24.0. The number of carbonyl (C=O) groups is 1. The summed E-state index contributed by atoms with van der Waals surface area (Å²) in [5.74, 6) is 0.977. The maximum atomic E-state index is 11.8. The van der Waals surface area contributed by atoms with Gasteiger partial charge in [-0.25, -0.2) is 4.98 Å². The van der Waals surface area contributed by atoms with E-state index in [0.717, 1.165) is 62.8 Å². The largest absolute Gasteiger partial charge is 0.356 e. The first-order chi connectivity index (χ1) is 12.6. The van der Waals surface area contributed by atoms with E-state index in [1.807, 2.05) is 6.20 Å². The summed E-state index contributed by atoms with van der Waals surface area (Å²) in [6.45, 7) is 8.11. The summed E-state index contributed by atoms with van der Waals surface area (Å²) in [6, 6.07) is 0.401. The van der Waals surface area contributed by atoms with E-state index in [-0.39, 0.29) is 5.91 Å². The number of thiazole rings is 1. The van der Waals surface area contributed by atoms with Gasteiger partial charge in [-0.05, 0) is 26.2 Å². The molecule has 0 saturated carbocycles. The number of amides is 1. The molecule has 1 aliphatic rings. The van der Waals surface area contributed by atoms with Crippen molar-refractivity contribution in [1.29, 1.82) is 0 Å². The van der Waals surface area contributed by atoms with Gasteiger partial charge in [0, 0.05) is 56.8 Å². The number of rotatable bonds is 8. The van der Waals surface area contributed by atoms with Crippen molar-refractivity contribution in [1.82, 2.24) is 25.8 Å². The molecule has 2 heterocycles. The van der Waals surface area contributed by atoms with E-state index in [1.165, 1.54) is 4.88 Å². The van der Waals surface area contributed by atoms with Crippen molar-refractivity contribution in [2.24, 2.45) is 4.99 Å². The number of nitrogens with one attached hydrogen (secondary N) is 3. The lowest BCUT2D eigenvalue weighted by Crippen LogP contribution is -2.50. The monoisotopic (exact) mass is 380 g/mol. The van der Waals surface area contributed by atoms with Crippen LogP contribution >= 0.6 is 11.3 Å². The minimum Gasteiger partial charge on any atom is -0.356 e. The van der Waals surface area contributed by atoms with E-state index >= 15 is 0 Å². The lowest BCUT2D eigenvalue weighted by Gasteiger charge is -2.32. The van der Waals surface area contributed by atoms with Crippen LogP contribution < -0.4 is 16.0 Å². The van der Waals surface area contributed by atoms with Crippen molar-refractivity contribution >= 4 is 23.2 Å². The first-order valence-corrected chi connectivity index (χ1v) is 10.3. The highest BCUT2D eigenvalue weighted by Gasteiger charge is 2.21. The Morgan fingerprint density at radius 3 is 2.73 bits per heavy atom. The van der Waals surface area contributed by atoms with Crippen molar-refractivity contribution in [2.75, 3.05) is 39.8 Å². The van der Waals surface area contributed by atoms with Crippen molar-refractivity contribution in [3.05, 3.63) is 16.1 Å². The van der Waals surface area contributed by atoms with Crippen LogP contribution in [0.4, 0.5) is 0 Å². The Hall–Kier alpha value is -1.67. The predicted molar refractivity (Wildman–Crippen MR) is 108 cm³/mol. The number of carbonyl (C=O) groups excluding carboxylic acids is 1. The number of likely N-dealkylation sites (tertiary alicyclic amines) is 1. The fraction of sp³-hybridized carbons (Fsp3) is 0.722. The standard InChI is InChI=1S/C18H32N6OS/c1-4-8-20-16(25)13-24-10-6-15(7-11-24)23-18(19-3)21-9-5-17-22-12-14(2)26-17/h12,15H,4-11,13H2,1-3H3,(H,20,25)(H2,19,21,23). The summed E-state index contributed by atoms with van der Waals surface area (Å²) >= 11 is 1.74. The average Bonchev–Trinajstić information content (AvgIpc) is 3.05. The third-order valence-corrected chi connectivity index (χ3v) is 5.36. The highest BCUT2D eigenvalue weighted by Crippen LogP contribution is 2.11. The van der Waals surface area contributed by atoms with E-state index < -0.39 is 0 Å². The van der Waals surface area contributed by atoms with Crippen molar-refractivity contribution < 1.29 is 4.79 Å². The number of aromatic nitrogens is 1. The van der Waals surface area contributed by atoms with Gasteiger partial charge in [-0.3, -0.25) is 14.7 Å². The summed E-state index contributed by atoms with van der Waals surface area (Å²) in [7, 11) is 1.80. The zero-order valence-corrected chi connectivity index (χ0v) is 17.0. The summed E-state index contributed by atoms with van der Waals surface area (Å²) < 4.78 is 0. The molecule has 146 valence electrons. The number of aliphatic imine (C=N–C) groups is 1. The van der Waals surface area contributed by atoms with Crippen LogP contribution in [0.5, 0.6) is 0 Å². The van der Waals surface area contributed by atoms with Gasteiger partial charge in [-0.2, -0.15) is 0 Å². The molecule has 0 unspecified atom stereocenters. The van der Waals surface area contributed by atoms with E-state index in [0.29, 0.717) is 12.6 Å². The molecule has 26 heavy (non-hydrogen) atoms. The molecule has 1 saturated heterocycles. The molecule has 1 fully saturated rings. The molecular weight excluding hydrogens is 348 g/mol. The lowest BCUT2D eigenvalue weighted by atomic mass is 10.1. The van der Waals surface area contributed by atoms with Crippen LogP contribution in [0.25, 0.3) is 0 Å². The fourth-order valence-electron chi connectivity index (χ4n) is 2.95. The minimum atomic E-state index is 0.133. The fourth-order valence-corrected chi connectivity index (χ4v) is 3.74. The molecule has 0 aromatic carbocycles. The number of hydrogen-bond acceptors (Lipinski definition) is 5. The molecule has 0 radical (unpaired) electrons. The topological polar surface area (TPSA) is 81.7 Å². The first kappa shape index (κ1) is 20.6. The van der Waals surface area contributed by atoms with Gasteiger partial charge in [-0.15, -0.1) is 11.3 Å². The highest BCUT2D eigenvalue weighted by atomic mass is 32.1. The molecule has 8 heteroatoms. The number of piperidine rings is 1. The second-order valence-electron chi connectivity index (χ2n) is 6.66. The van der Waals surface area contributed by atoms with Crippen LogP contribution in [0, 0.1) is 6.92 Å². The molecular formula is C18H32N6OS. The van der Waals surface area contributed by atoms with Gasteiger partial charge in [0.25, 0.3) is 0 Å². The second kappa shape index (κ2) is 11.1. The van der Waals surface area contributed by atoms with Gasteiger partial charge in [0.1, 0.15) is 0 Å². The Labute approximate surface area is 160 Å². The van der Waals surface area contributed by atoms with Crippen LogP contribution in [0.3, 0.4) is 0 Å². The van der Waals surface area contributed by atoms with Gasteiger partial charge in [0.15, 0.2) is 5.96 Å². The SMILES string of the molecule is CCCNC(=O)CN1CCC(NC(=NC)NCCc2ncc(C)s2)CC1. The van der Waals surface area contributed by atoms with Crippen molar-refractivity contribution in [3.8, 4) is 0 Å². The molecule has 1 aromatic heterocycles. The second-order valence-corrected chi connectivity index (χ2v) is 7.98. The van der Waals surface area contributed by atoms with Crippen LogP contribution in [-0.4, -0.2) is 67.6 Å². The quantitative estimate of drug-likeness (QED) is 0.466. The Morgan fingerprint density at radius 1 is 1.35 bits per heavy atom. The lowest BCUT2D eigenvalue weighted by molar-refractivity contribution is -0.122. The molecule has 3 N–H and O–H groups in total. The molecule has 7 nitrogen and oxygen atoms in total. The van der Waals surface area contributed by atoms with Crippen LogP contribution in [0.2, 0.25) is 0 Å². The van der Waals surface area contributed by atoms with Crippen LogP contribution in [0.1, 0.15) is 36.1 Å². The van der Waals surface area contributed by atoms with Gasteiger partial charge in [0.05, 0.1) is 11.6 Å². The Bertz CT molecular complexity index is 580.